The van der Waals surface area contributed by atoms with Crippen molar-refractivity contribution in [1.82, 2.24) is 0 Å². The maximum absolute atomic E-state index is 12.3. The Bertz CT molecular complexity index is 731. The molecule has 0 amide bonds. The zero-order valence-corrected chi connectivity index (χ0v) is 12.1. The van der Waals surface area contributed by atoms with Gasteiger partial charge in [-0.05, 0) is 24.3 Å². The van der Waals surface area contributed by atoms with Crippen LogP contribution < -0.4 is 9.46 Å². The number of ether oxygens (including phenoxy) is 1. The fourth-order valence-electron chi connectivity index (χ4n) is 1.64. The van der Waals surface area contributed by atoms with Crippen molar-refractivity contribution in [2.45, 2.75) is 4.90 Å². The van der Waals surface area contributed by atoms with Crippen LogP contribution in [0.25, 0.3) is 0 Å². The lowest BCUT2D eigenvalue weighted by Crippen LogP contribution is -2.14. The van der Waals surface area contributed by atoms with Gasteiger partial charge >= 0.3 is 0 Å². The van der Waals surface area contributed by atoms with Crippen molar-refractivity contribution in [1.29, 1.82) is 0 Å². The number of halogens is 1. The highest BCUT2D eigenvalue weighted by Gasteiger charge is 2.20. The first kappa shape index (κ1) is 14.5. The van der Waals surface area contributed by atoms with Crippen LogP contribution in [0.2, 0.25) is 5.02 Å². The minimum atomic E-state index is -3.83. The fraction of sp³-hybridized carbons (Fsp3) is 0.0769. The van der Waals surface area contributed by atoms with Gasteiger partial charge in [0.25, 0.3) is 10.0 Å². The third kappa shape index (κ3) is 3.15. The molecule has 0 aliphatic heterocycles. The summed E-state index contributed by atoms with van der Waals surface area (Å²) in [5.41, 5.74) is 0.252. The average Bonchev–Trinajstić information content (AvgIpc) is 2.37. The number of anilines is 1. The zero-order chi connectivity index (χ0) is 14.8. The first-order valence-corrected chi connectivity index (χ1v) is 7.44. The lowest BCUT2D eigenvalue weighted by Gasteiger charge is -2.12. The summed E-state index contributed by atoms with van der Waals surface area (Å²) < 4.78 is 32.0. The van der Waals surface area contributed by atoms with Gasteiger partial charge in [0, 0.05) is 17.2 Å². The van der Waals surface area contributed by atoms with Crippen LogP contribution >= 0.6 is 11.6 Å². The van der Waals surface area contributed by atoms with E-state index < -0.39 is 10.0 Å². The smallest absolute Gasteiger partial charge is 0.265 e. The van der Waals surface area contributed by atoms with E-state index in [1.54, 1.807) is 0 Å². The molecule has 0 aliphatic rings. The Morgan fingerprint density at radius 3 is 2.60 bits per heavy atom. The lowest BCUT2D eigenvalue weighted by molar-refractivity contribution is 0.403. The Hall–Kier alpha value is -1.92. The van der Waals surface area contributed by atoms with Gasteiger partial charge in [0.05, 0.1) is 12.8 Å². The van der Waals surface area contributed by atoms with Gasteiger partial charge in [-0.15, -0.1) is 0 Å². The minimum Gasteiger partial charge on any atom is -0.508 e. The monoisotopic (exact) mass is 313 g/mol. The van der Waals surface area contributed by atoms with Crippen molar-refractivity contribution in [3.8, 4) is 11.5 Å². The van der Waals surface area contributed by atoms with Crippen molar-refractivity contribution in [3.63, 3.8) is 0 Å². The third-order valence-electron chi connectivity index (χ3n) is 2.51. The molecule has 0 saturated carbocycles. The number of aromatic hydroxyl groups is 1. The highest BCUT2D eigenvalue weighted by molar-refractivity contribution is 7.92. The number of phenolic OH excluding ortho intramolecular Hbond substituents is 1. The summed E-state index contributed by atoms with van der Waals surface area (Å²) in [6.07, 6.45) is 0. The second-order valence-corrected chi connectivity index (χ2v) is 6.04. The molecule has 0 fully saturated rings. The molecule has 2 rings (SSSR count). The first-order valence-electron chi connectivity index (χ1n) is 5.58. The summed E-state index contributed by atoms with van der Waals surface area (Å²) >= 11 is 5.80. The third-order valence-corrected chi connectivity index (χ3v) is 4.17. The summed E-state index contributed by atoms with van der Waals surface area (Å²) in [4.78, 5) is -0.0345. The SMILES string of the molecule is COc1cc(Cl)ccc1S(=O)(=O)Nc1cccc(O)c1. The van der Waals surface area contributed by atoms with Gasteiger partial charge in [-0.1, -0.05) is 17.7 Å². The molecule has 0 spiro atoms. The summed E-state index contributed by atoms with van der Waals surface area (Å²) in [5, 5.41) is 9.71. The molecule has 0 unspecified atom stereocenters. The van der Waals surface area contributed by atoms with E-state index >= 15 is 0 Å². The normalized spacial score (nSPS) is 11.1. The van der Waals surface area contributed by atoms with Crippen molar-refractivity contribution >= 4 is 27.3 Å². The standard InChI is InChI=1S/C13H12ClNO4S/c1-19-12-7-9(14)5-6-13(12)20(17,18)15-10-3-2-4-11(16)8-10/h2-8,15-16H,1H3. The second-order valence-electron chi connectivity index (χ2n) is 3.95. The Morgan fingerprint density at radius 2 is 1.95 bits per heavy atom. The van der Waals surface area contributed by atoms with E-state index in [4.69, 9.17) is 16.3 Å². The summed E-state index contributed by atoms with van der Waals surface area (Å²) in [6.45, 7) is 0. The van der Waals surface area contributed by atoms with Gasteiger partial charge in [0.2, 0.25) is 0 Å². The topological polar surface area (TPSA) is 75.6 Å². The van der Waals surface area contributed by atoms with Crippen LogP contribution in [0.3, 0.4) is 0 Å². The molecule has 0 aliphatic carbocycles. The number of sulfonamides is 1. The van der Waals surface area contributed by atoms with E-state index in [2.05, 4.69) is 4.72 Å². The van der Waals surface area contributed by atoms with Crippen LogP contribution in [-0.4, -0.2) is 20.6 Å². The molecule has 0 radical (unpaired) electrons. The van der Waals surface area contributed by atoms with Gasteiger partial charge in [-0.25, -0.2) is 8.42 Å². The van der Waals surface area contributed by atoms with E-state index in [-0.39, 0.29) is 22.1 Å². The Morgan fingerprint density at radius 1 is 1.20 bits per heavy atom. The fourth-order valence-corrected chi connectivity index (χ4v) is 3.01. The number of methoxy groups -OCH3 is 1. The first-order chi connectivity index (χ1) is 9.42. The highest BCUT2D eigenvalue weighted by atomic mass is 35.5. The van der Waals surface area contributed by atoms with Gasteiger partial charge in [-0.2, -0.15) is 0 Å². The molecule has 2 aromatic rings. The van der Waals surface area contributed by atoms with Gasteiger partial charge < -0.3 is 9.84 Å². The lowest BCUT2D eigenvalue weighted by atomic mass is 10.3. The van der Waals surface area contributed by atoms with Crippen molar-refractivity contribution in [2.75, 3.05) is 11.8 Å². The molecular formula is C13H12ClNO4S. The Kier molecular flexibility index (Phi) is 4.06. The molecule has 20 heavy (non-hydrogen) atoms. The molecule has 0 bridgehead atoms. The van der Waals surface area contributed by atoms with Crippen molar-refractivity contribution in [2.24, 2.45) is 0 Å². The predicted molar refractivity (Wildman–Crippen MR) is 76.9 cm³/mol. The summed E-state index contributed by atoms with van der Waals surface area (Å²) in [7, 11) is -2.47. The summed E-state index contributed by atoms with van der Waals surface area (Å²) in [5.74, 6) is 0.110. The number of benzene rings is 2. The Labute approximate surface area is 121 Å². The average molecular weight is 314 g/mol. The maximum Gasteiger partial charge on any atom is 0.265 e. The molecular weight excluding hydrogens is 302 g/mol. The van der Waals surface area contributed by atoms with E-state index in [1.165, 1.54) is 49.6 Å². The van der Waals surface area contributed by atoms with Crippen LogP contribution in [0, 0.1) is 0 Å². The van der Waals surface area contributed by atoms with Gasteiger partial charge in [0.15, 0.2) is 0 Å². The maximum atomic E-state index is 12.3. The number of hydrogen-bond donors (Lipinski definition) is 2. The van der Waals surface area contributed by atoms with Gasteiger partial charge in [0.1, 0.15) is 16.4 Å². The number of hydrogen-bond acceptors (Lipinski definition) is 4. The predicted octanol–water partition coefficient (Wildman–Crippen LogP) is 2.86. The van der Waals surface area contributed by atoms with Gasteiger partial charge in [-0.3, -0.25) is 4.72 Å². The number of rotatable bonds is 4. The quantitative estimate of drug-likeness (QED) is 0.910. The summed E-state index contributed by atoms with van der Waals surface area (Å²) in [6, 6.07) is 10.0. The van der Waals surface area contributed by atoms with Crippen LogP contribution in [0.1, 0.15) is 0 Å². The molecule has 2 N–H and O–H groups in total. The highest BCUT2D eigenvalue weighted by Crippen LogP contribution is 2.29. The van der Waals surface area contributed by atoms with Crippen LogP contribution in [0.5, 0.6) is 11.5 Å². The van der Waals surface area contributed by atoms with E-state index in [9.17, 15) is 13.5 Å². The second kappa shape index (κ2) is 5.60. The van der Waals surface area contributed by atoms with E-state index in [0.29, 0.717) is 5.02 Å². The Balaban J connectivity index is 2.40. The van der Waals surface area contributed by atoms with Crippen molar-refractivity contribution < 1.29 is 18.3 Å². The molecule has 0 aromatic heterocycles. The van der Waals surface area contributed by atoms with E-state index in [1.807, 2.05) is 0 Å². The van der Waals surface area contributed by atoms with Crippen LogP contribution in [0.15, 0.2) is 47.4 Å². The zero-order valence-electron chi connectivity index (χ0n) is 10.5. The molecule has 106 valence electrons. The molecule has 0 atom stereocenters. The van der Waals surface area contributed by atoms with E-state index in [0.717, 1.165) is 0 Å². The molecule has 2 aromatic carbocycles. The van der Waals surface area contributed by atoms with Crippen LogP contribution in [0.4, 0.5) is 5.69 Å². The minimum absolute atomic E-state index is 0.0340. The molecule has 0 saturated heterocycles. The number of phenols is 1. The van der Waals surface area contributed by atoms with Crippen molar-refractivity contribution in [3.05, 3.63) is 47.5 Å². The number of nitrogens with one attached hydrogen (secondary N) is 1. The van der Waals surface area contributed by atoms with Crippen LogP contribution in [-0.2, 0) is 10.0 Å². The molecule has 5 nitrogen and oxygen atoms in total. The largest absolute Gasteiger partial charge is 0.508 e. The molecule has 7 heteroatoms. The molecule has 0 heterocycles.